The molecule has 1 aromatic rings. The summed E-state index contributed by atoms with van der Waals surface area (Å²) < 4.78 is 5.26. The van der Waals surface area contributed by atoms with Crippen molar-refractivity contribution in [2.75, 3.05) is 25.1 Å². The molecular weight excluding hydrogens is 242 g/mol. The highest BCUT2D eigenvalue weighted by Crippen LogP contribution is 2.35. The smallest absolute Gasteiger partial charge is 0.172 e. The van der Waals surface area contributed by atoms with Crippen LogP contribution >= 0.6 is 0 Å². The fraction of sp³-hybridized carbons (Fsp3) is 0.500. The van der Waals surface area contributed by atoms with Gasteiger partial charge >= 0.3 is 0 Å². The van der Waals surface area contributed by atoms with Gasteiger partial charge < -0.3 is 20.6 Å². The number of oxime groups is 1. The van der Waals surface area contributed by atoms with Gasteiger partial charge in [-0.1, -0.05) is 19.0 Å². The minimum Gasteiger partial charge on any atom is -0.497 e. The summed E-state index contributed by atoms with van der Waals surface area (Å²) >= 11 is 0. The van der Waals surface area contributed by atoms with Crippen LogP contribution in [0.25, 0.3) is 0 Å². The Balaban J connectivity index is 2.42. The molecule has 104 valence electrons. The molecule has 0 aliphatic carbocycles. The summed E-state index contributed by atoms with van der Waals surface area (Å²) in [5.74, 6) is 0.900. The lowest BCUT2D eigenvalue weighted by Gasteiger charge is -2.24. The number of methoxy groups -OCH3 is 1. The van der Waals surface area contributed by atoms with E-state index in [1.807, 2.05) is 18.2 Å². The van der Waals surface area contributed by atoms with Gasteiger partial charge in [-0.3, -0.25) is 0 Å². The van der Waals surface area contributed by atoms with Crippen molar-refractivity contribution in [3.63, 3.8) is 0 Å². The predicted octanol–water partition coefficient (Wildman–Crippen LogP) is 2.03. The number of amidine groups is 1. The fourth-order valence-electron chi connectivity index (χ4n) is 2.49. The molecule has 0 amide bonds. The molecule has 0 spiro atoms. The number of hydrogen-bond acceptors (Lipinski definition) is 4. The summed E-state index contributed by atoms with van der Waals surface area (Å²) in [6.07, 6.45) is 1.12. The summed E-state index contributed by atoms with van der Waals surface area (Å²) in [6.45, 7) is 6.41. The molecule has 0 unspecified atom stereocenters. The highest BCUT2D eigenvalue weighted by atomic mass is 16.5. The lowest BCUT2D eigenvalue weighted by Crippen LogP contribution is -2.26. The Labute approximate surface area is 113 Å². The van der Waals surface area contributed by atoms with Gasteiger partial charge in [0.25, 0.3) is 0 Å². The Kier molecular flexibility index (Phi) is 3.55. The zero-order valence-corrected chi connectivity index (χ0v) is 11.7. The van der Waals surface area contributed by atoms with Crippen LogP contribution in [0, 0.1) is 5.41 Å². The first-order chi connectivity index (χ1) is 8.96. The topological polar surface area (TPSA) is 71.1 Å². The summed E-state index contributed by atoms with van der Waals surface area (Å²) in [5.41, 5.74) is 7.73. The predicted molar refractivity (Wildman–Crippen MR) is 76.1 cm³/mol. The number of benzene rings is 1. The van der Waals surface area contributed by atoms with Gasteiger partial charge in [-0.25, -0.2) is 0 Å². The number of rotatable bonds is 3. The van der Waals surface area contributed by atoms with E-state index in [1.54, 1.807) is 7.11 Å². The van der Waals surface area contributed by atoms with Gasteiger partial charge in [0.15, 0.2) is 5.84 Å². The molecule has 1 fully saturated rings. The van der Waals surface area contributed by atoms with E-state index in [-0.39, 0.29) is 11.3 Å². The van der Waals surface area contributed by atoms with E-state index in [0.29, 0.717) is 0 Å². The van der Waals surface area contributed by atoms with E-state index in [9.17, 15) is 0 Å². The maximum atomic E-state index is 8.90. The van der Waals surface area contributed by atoms with Crippen LogP contribution in [0.2, 0.25) is 0 Å². The minimum absolute atomic E-state index is 0.127. The van der Waals surface area contributed by atoms with E-state index in [1.165, 1.54) is 0 Å². The molecule has 0 saturated carbocycles. The van der Waals surface area contributed by atoms with Gasteiger partial charge in [0.1, 0.15) is 5.75 Å². The van der Waals surface area contributed by atoms with E-state index in [0.717, 1.165) is 36.5 Å². The third-order valence-corrected chi connectivity index (χ3v) is 3.61. The molecular formula is C14H21N3O2. The Morgan fingerprint density at radius 1 is 1.47 bits per heavy atom. The van der Waals surface area contributed by atoms with E-state index >= 15 is 0 Å². The SMILES string of the molecule is COc1ccc(/C(N)=N/O)c(N2CCC(C)(C)C2)c1. The van der Waals surface area contributed by atoms with Crippen molar-refractivity contribution in [1.82, 2.24) is 0 Å². The van der Waals surface area contributed by atoms with Crippen LogP contribution < -0.4 is 15.4 Å². The van der Waals surface area contributed by atoms with Crippen molar-refractivity contribution in [2.45, 2.75) is 20.3 Å². The van der Waals surface area contributed by atoms with Crippen LogP contribution in [0.4, 0.5) is 5.69 Å². The zero-order valence-electron chi connectivity index (χ0n) is 11.7. The minimum atomic E-state index is 0.127. The summed E-state index contributed by atoms with van der Waals surface area (Å²) in [5, 5.41) is 12.0. The third kappa shape index (κ3) is 2.75. The molecule has 19 heavy (non-hydrogen) atoms. The van der Waals surface area contributed by atoms with E-state index in [4.69, 9.17) is 15.7 Å². The number of ether oxygens (including phenoxy) is 1. The Morgan fingerprint density at radius 2 is 2.21 bits per heavy atom. The second-order valence-corrected chi connectivity index (χ2v) is 5.70. The van der Waals surface area contributed by atoms with Crippen molar-refractivity contribution in [3.05, 3.63) is 23.8 Å². The van der Waals surface area contributed by atoms with Crippen LogP contribution in [-0.2, 0) is 0 Å². The molecule has 0 aromatic heterocycles. The number of hydrogen-bond donors (Lipinski definition) is 2. The van der Waals surface area contributed by atoms with Crippen LogP contribution in [0.5, 0.6) is 5.75 Å². The van der Waals surface area contributed by atoms with Crippen molar-refractivity contribution in [3.8, 4) is 5.75 Å². The van der Waals surface area contributed by atoms with Crippen molar-refractivity contribution in [2.24, 2.45) is 16.3 Å². The Morgan fingerprint density at radius 3 is 2.74 bits per heavy atom. The van der Waals surface area contributed by atoms with Crippen molar-refractivity contribution in [1.29, 1.82) is 0 Å². The first kappa shape index (κ1) is 13.5. The molecule has 0 radical (unpaired) electrons. The summed E-state index contributed by atoms with van der Waals surface area (Å²) in [6, 6.07) is 5.58. The molecule has 1 aromatic carbocycles. The monoisotopic (exact) mass is 263 g/mol. The number of anilines is 1. The largest absolute Gasteiger partial charge is 0.497 e. The Hall–Kier alpha value is -1.91. The molecule has 0 atom stereocenters. The lowest BCUT2D eigenvalue weighted by molar-refractivity contribution is 0.318. The molecule has 1 heterocycles. The van der Waals surface area contributed by atoms with E-state index in [2.05, 4.69) is 23.9 Å². The average Bonchev–Trinajstić information content (AvgIpc) is 2.77. The molecule has 0 bridgehead atoms. The third-order valence-electron chi connectivity index (χ3n) is 3.61. The standard InChI is InChI=1S/C14H21N3O2/c1-14(2)6-7-17(9-14)12-8-10(19-3)4-5-11(12)13(15)16-18/h4-5,8,18H,6-7,9H2,1-3H3,(H2,15,16). The van der Waals surface area contributed by atoms with E-state index < -0.39 is 0 Å². The fourth-order valence-corrected chi connectivity index (χ4v) is 2.49. The molecule has 5 nitrogen and oxygen atoms in total. The lowest BCUT2D eigenvalue weighted by atomic mass is 9.93. The maximum absolute atomic E-state index is 8.90. The second-order valence-electron chi connectivity index (χ2n) is 5.70. The van der Waals surface area contributed by atoms with Gasteiger partial charge in [-0.2, -0.15) is 0 Å². The molecule has 1 aliphatic rings. The highest BCUT2D eigenvalue weighted by molar-refractivity contribution is 6.02. The van der Waals surface area contributed by atoms with Gasteiger partial charge in [0.2, 0.25) is 0 Å². The highest BCUT2D eigenvalue weighted by Gasteiger charge is 2.30. The van der Waals surface area contributed by atoms with Gasteiger partial charge in [0.05, 0.1) is 12.8 Å². The average molecular weight is 263 g/mol. The molecule has 3 N–H and O–H groups in total. The van der Waals surface area contributed by atoms with Crippen LogP contribution in [0.15, 0.2) is 23.4 Å². The first-order valence-corrected chi connectivity index (χ1v) is 6.38. The van der Waals surface area contributed by atoms with Gasteiger partial charge in [0, 0.05) is 24.7 Å². The van der Waals surface area contributed by atoms with Gasteiger partial charge in [-0.15, -0.1) is 0 Å². The first-order valence-electron chi connectivity index (χ1n) is 6.38. The second kappa shape index (κ2) is 4.99. The summed E-state index contributed by atoms with van der Waals surface area (Å²) in [4.78, 5) is 2.26. The van der Waals surface area contributed by atoms with Crippen molar-refractivity contribution < 1.29 is 9.94 Å². The van der Waals surface area contributed by atoms with Crippen molar-refractivity contribution >= 4 is 11.5 Å². The normalized spacial score (nSPS) is 18.7. The van der Waals surface area contributed by atoms with Crippen LogP contribution in [0.3, 0.4) is 0 Å². The van der Waals surface area contributed by atoms with Crippen LogP contribution in [0.1, 0.15) is 25.8 Å². The van der Waals surface area contributed by atoms with Crippen LogP contribution in [-0.4, -0.2) is 31.2 Å². The van der Waals surface area contributed by atoms with Gasteiger partial charge in [-0.05, 0) is 24.0 Å². The molecule has 1 aliphatic heterocycles. The molecule has 1 saturated heterocycles. The molecule has 2 rings (SSSR count). The summed E-state index contributed by atoms with van der Waals surface area (Å²) in [7, 11) is 1.64. The Bertz CT molecular complexity index is 497. The molecule has 5 heteroatoms. The quantitative estimate of drug-likeness (QED) is 0.379. The zero-order chi connectivity index (χ0) is 14.0. The number of nitrogens with zero attached hydrogens (tertiary/aromatic N) is 2. The maximum Gasteiger partial charge on any atom is 0.172 e. The number of nitrogens with two attached hydrogens (primary N) is 1.